The summed E-state index contributed by atoms with van der Waals surface area (Å²) in [5.41, 5.74) is 0. The largest absolute Gasteiger partial charge is 0.393 e. The average Bonchev–Trinajstić information content (AvgIpc) is 2.63. The van der Waals surface area contributed by atoms with Gasteiger partial charge in [0.2, 0.25) is 15.9 Å². The summed E-state index contributed by atoms with van der Waals surface area (Å²) in [5, 5.41) is 12.5. The molecule has 1 heterocycles. The van der Waals surface area contributed by atoms with Crippen molar-refractivity contribution in [2.45, 2.75) is 55.6 Å². The molecule has 0 unspecified atom stereocenters. The van der Waals surface area contributed by atoms with Gasteiger partial charge in [-0.25, -0.2) is 17.2 Å². The van der Waals surface area contributed by atoms with Gasteiger partial charge in [-0.15, -0.1) is 0 Å². The predicted octanol–water partition coefficient (Wildman–Crippen LogP) is 1.79. The molecule has 1 amide bonds. The van der Waals surface area contributed by atoms with Crippen LogP contribution in [0.4, 0.5) is 8.78 Å². The molecule has 0 spiro atoms. The molecule has 150 valence electrons. The van der Waals surface area contributed by atoms with Crippen molar-refractivity contribution in [3.05, 3.63) is 29.8 Å². The number of aliphatic hydroxyl groups is 1. The van der Waals surface area contributed by atoms with Gasteiger partial charge in [-0.05, 0) is 50.7 Å². The third-order valence-corrected chi connectivity index (χ3v) is 7.21. The second-order valence-electron chi connectivity index (χ2n) is 7.29. The van der Waals surface area contributed by atoms with Gasteiger partial charge in [-0.1, -0.05) is 0 Å². The number of carbonyl (C=O) groups is 1. The van der Waals surface area contributed by atoms with E-state index in [4.69, 9.17) is 0 Å². The topological polar surface area (TPSA) is 86.7 Å². The van der Waals surface area contributed by atoms with E-state index in [-0.39, 0.29) is 31.1 Å². The summed E-state index contributed by atoms with van der Waals surface area (Å²) in [6, 6.07) is 2.35. The van der Waals surface area contributed by atoms with Crippen LogP contribution in [0.5, 0.6) is 0 Å². The van der Waals surface area contributed by atoms with E-state index in [1.165, 1.54) is 0 Å². The molecule has 1 saturated carbocycles. The third kappa shape index (κ3) is 4.64. The Morgan fingerprint density at radius 1 is 1.15 bits per heavy atom. The smallest absolute Gasteiger partial charge is 0.246 e. The number of benzene rings is 1. The van der Waals surface area contributed by atoms with Crippen molar-refractivity contribution in [2.75, 3.05) is 13.1 Å². The molecular weight excluding hydrogens is 378 g/mol. The molecule has 1 aliphatic heterocycles. The first-order valence-electron chi connectivity index (χ1n) is 9.21. The summed E-state index contributed by atoms with van der Waals surface area (Å²) in [4.78, 5) is 12.0. The Balaban J connectivity index is 1.67. The lowest BCUT2D eigenvalue weighted by atomic mass is 9.92. The van der Waals surface area contributed by atoms with E-state index in [9.17, 15) is 27.1 Å². The van der Waals surface area contributed by atoms with Crippen molar-refractivity contribution in [1.29, 1.82) is 0 Å². The molecule has 0 aromatic heterocycles. The molecule has 3 rings (SSSR count). The maximum Gasteiger partial charge on any atom is 0.246 e. The number of halogens is 2. The van der Waals surface area contributed by atoms with Crippen molar-refractivity contribution in [1.82, 2.24) is 9.62 Å². The highest BCUT2D eigenvalue weighted by Gasteiger charge is 2.35. The average molecular weight is 402 g/mol. The number of amides is 1. The number of aliphatic hydroxyl groups excluding tert-OH is 1. The zero-order valence-corrected chi connectivity index (χ0v) is 15.7. The Bertz CT molecular complexity index is 795. The second-order valence-corrected chi connectivity index (χ2v) is 9.20. The van der Waals surface area contributed by atoms with Gasteiger partial charge < -0.3 is 10.4 Å². The molecule has 27 heavy (non-hydrogen) atoms. The van der Waals surface area contributed by atoms with E-state index in [0.717, 1.165) is 16.4 Å². The Labute approximate surface area is 157 Å². The molecule has 2 fully saturated rings. The fourth-order valence-corrected chi connectivity index (χ4v) is 5.31. The molecule has 2 aliphatic rings. The van der Waals surface area contributed by atoms with E-state index < -0.39 is 32.5 Å². The van der Waals surface area contributed by atoms with Crippen LogP contribution in [0.2, 0.25) is 0 Å². The molecule has 1 atom stereocenters. The zero-order valence-electron chi connectivity index (χ0n) is 14.9. The van der Waals surface area contributed by atoms with Crippen LogP contribution in [-0.4, -0.2) is 49.0 Å². The lowest BCUT2D eigenvalue weighted by Crippen LogP contribution is -2.48. The summed E-state index contributed by atoms with van der Waals surface area (Å²) < 4.78 is 53.6. The summed E-state index contributed by atoms with van der Waals surface area (Å²) in [6.45, 7) is 0.166. The zero-order chi connectivity index (χ0) is 19.6. The molecule has 9 heteroatoms. The first kappa shape index (κ1) is 20.2. The minimum absolute atomic E-state index is 0.0116. The van der Waals surface area contributed by atoms with Crippen LogP contribution < -0.4 is 5.32 Å². The number of hydrogen-bond donors (Lipinski definition) is 2. The van der Waals surface area contributed by atoms with Gasteiger partial charge in [-0.2, -0.15) is 4.31 Å². The van der Waals surface area contributed by atoms with Crippen LogP contribution in [0.25, 0.3) is 0 Å². The van der Waals surface area contributed by atoms with E-state index >= 15 is 0 Å². The predicted molar refractivity (Wildman–Crippen MR) is 94.2 cm³/mol. The fourth-order valence-electron chi connectivity index (χ4n) is 3.74. The van der Waals surface area contributed by atoms with Crippen LogP contribution in [0.3, 0.4) is 0 Å². The molecule has 6 nitrogen and oxygen atoms in total. The van der Waals surface area contributed by atoms with Crippen molar-refractivity contribution in [2.24, 2.45) is 5.92 Å². The highest BCUT2D eigenvalue weighted by Crippen LogP contribution is 2.26. The van der Waals surface area contributed by atoms with Crippen molar-refractivity contribution < 1.29 is 27.1 Å². The first-order valence-corrected chi connectivity index (χ1v) is 10.6. The van der Waals surface area contributed by atoms with Gasteiger partial charge in [0, 0.05) is 25.2 Å². The molecular formula is C18H24F2N2O4S. The molecule has 2 N–H and O–H groups in total. The highest BCUT2D eigenvalue weighted by molar-refractivity contribution is 7.89. The Kier molecular flexibility index (Phi) is 6.12. The van der Waals surface area contributed by atoms with E-state index in [2.05, 4.69) is 5.32 Å². The number of sulfonamides is 1. The first-order chi connectivity index (χ1) is 12.8. The molecule has 0 bridgehead atoms. The maximum atomic E-state index is 14.0. The molecule has 1 aromatic rings. The number of nitrogens with one attached hydrogen (secondary N) is 1. The van der Waals surface area contributed by atoms with Gasteiger partial charge >= 0.3 is 0 Å². The lowest BCUT2D eigenvalue weighted by Gasteiger charge is -2.33. The lowest BCUT2D eigenvalue weighted by molar-refractivity contribution is -0.127. The standard InChI is InChI=1S/C18H24F2N2O4S/c19-13-3-8-17(16(20)10-13)27(25,26)22-9-1-2-12(11-22)18(24)21-14-4-6-15(23)7-5-14/h3,8,10,12,14-15,23H,1-2,4-7,9,11H2,(H,21,24)/t12-,14?,15?/m0/s1. The minimum Gasteiger partial charge on any atom is -0.393 e. The van der Waals surface area contributed by atoms with Gasteiger partial charge in [0.25, 0.3) is 0 Å². The van der Waals surface area contributed by atoms with E-state index in [0.29, 0.717) is 44.6 Å². The number of piperidine rings is 1. The molecule has 1 saturated heterocycles. The summed E-state index contributed by atoms with van der Waals surface area (Å²) in [6.07, 6.45) is 3.40. The van der Waals surface area contributed by atoms with E-state index in [1.807, 2.05) is 0 Å². The second kappa shape index (κ2) is 8.20. The molecule has 0 radical (unpaired) electrons. The summed E-state index contributed by atoms with van der Waals surface area (Å²) in [7, 11) is -4.14. The Morgan fingerprint density at radius 2 is 1.85 bits per heavy atom. The van der Waals surface area contributed by atoms with E-state index in [1.54, 1.807) is 0 Å². The van der Waals surface area contributed by atoms with Gasteiger partial charge in [0.05, 0.1) is 12.0 Å². The van der Waals surface area contributed by atoms with Crippen molar-refractivity contribution in [3.8, 4) is 0 Å². The van der Waals surface area contributed by atoms with Crippen LogP contribution in [0.1, 0.15) is 38.5 Å². The Hall–Kier alpha value is -1.58. The van der Waals surface area contributed by atoms with Gasteiger partial charge in [0.15, 0.2) is 0 Å². The van der Waals surface area contributed by atoms with Crippen molar-refractivity contribution >= 4 is 15.9 Å². The van der Waals surface area contributed by atoms with Crippen LogP contribution in [0.15, 0.2) is 23.1 Å². The van der Waals surface area contributed by atoms with Crippen LogP contribution in [-0.2, 0) is 14.8 Å². The monoisotopic (exact) mass is 402 g/mol. The van der Waals surface area contributed by atoms with Gasteiger partial charge in [-0.3, -0.25) is 4.79 Å². The normalized spacial score (nSPS) is 27.3. The number of nitrogens with zero attached hydrogens (tertiary/aromatic N) is 1. The Morgan fingerprint density at radius 3 is 2.52 bits per heavy atom. The number of carbonyl (C=O) groups excluding carboxylic acids is 1. The fraction of sp³-hybridized carbons (Fsp3) is 0.611. The van der Waals surface area contributed by atoms with Crippen molar-refractivity contribution in [3.63, 3.8) is 0 Å². The summed E-state index contributed by atoms with van der Waals surface area (Å²) in [5.74, 6) is -2.71. The van der Waals surface area contributed by atoms with Gasteiger partial charge in [0.1, 0.15) is 16.5 Å². The van der Waals surface area contributed by atoms with Crippen LogP contribution >= 0.6 is 0 Å². The minimum atomic E-state index is -4.14. The maximum absolute atomic E-state index is 14.0. The number of hydrogen-bond acceptors (Lipinski definition) is 4. The highest BCUT2D eigenvalue weighted by atomic mass is 32.2. The SMILES string of the molecule is O=C(NC1CCC(O)CC1)[C@H]1CCCN(S(=O)(=O)c2ccc(F)cc2F)C1. The molecule has 1 aliphatic carbocycles. The third-order valence-electron chi connectivity index (χ3n) is 5.31. The summed E-state index contributed by atoms with van der Waals surface area (Å²) >= 11 is 0. The quantitative estimate of drug-likeness (QED) is 0.804. The number of rotatable bonds is 4. The van der Waals surface area contributed by atoms with Crippen LogP contribution in [0, 0.1) is 17.6 Å². The molecule has 1 aromatic carbocycles.